The molecule has 4 unspecified atom stereocenters. The van der Waals surface area contributed by atoms with Gasteiger partial charge < -0.3 is 104 Å². The molecule has 0 aromatic heterocycles. The van der Waals surface area contributed by atoms with Gasteiger partial charge in [-0.2, -0.15) is 0 Å². The molecule has 0 amide bonds. The molecule has 0 aliphatic rings. The van der Waals surface area contributed by atoms with E-state index < -0.39 is 62.3 Å². The summed E-state index contributed by atoms with van der Waals surface area (Å²) in [5.41, 5.74) is 0. The third kappa shape index (κ3) is 97.6. The van der Waals surface area contributed by atoms with Crippen molar-refractivity contribution in [3.05, 3.63) is 0 Å². The summed E-state index contributed by atoms with van der Waals surface area (Å²) in [7, 11) is -12.5. The Morgan fingerprint density at radius 1 is 0.236 bits per heavy atom. The van der Waals surface area contributed by atoms with Gasteiger partial charge in [0.05, 0.1) is 52.9 Å². The van der Waals surface area contributed by atoms with Crippen LogP contribution in [0.1, 0.15) is 332 Å². The van der Waals surface area contributed by atoms with Crippen LogP contribution in [0.2, 0.25) is 52.4 Å². The molecule has 38 heteroatoms. The fraction of sp³-hybridized carbons (Fsp3) is 0.906. The third-order valence-electron chi connectivity index (χ3n) is 17.3. The zero-order valence-corrected chi connectivity index (χ0v) is 88.0. The molecule has 0 aliphatic carbocycles. The predicted octanol–water partition coefficient (Wildman–Crippen LogP) is 17.6. The molecule has 2 N–H and O–H groups in total. The van der Waals surface area contributed by atoms with Gasteiger partial charge in [0.2, 0.25) is 0 Å². The summed E-state index contributed by atoms with van der Waals surface area (Å²) in [6, 6.07) is 0. The Bertz CT molecular complexity index is 2450. The first-order chi connectivity index (χ1) is 58.7. The van der Waals surface area contributed by atoms with E-state index in [2.05, 4.69) is 34.2 Å². The topological polar surface area (TPSA) is 371 Å². The minimum absolute atomic E-state index is 0.145. The monoisotopic (exact) mass is 1890 g/mol. The van der Waals surface area contributed by atoms with Crippen LogP contribution in [-0.2, 0) is 133 Å². The van der Waals surface area contributed by atoms with E-state index in [4.69, 9.17) is 99.3 Å². The first-order valence-electron chi connectivity index (χ1n) is 46.5. The lowest BCUT2D eigenvalue weighted by Gasteiger charge is -2.38. The van der Waals surface area contributed by atoms with Crippen LogP contribution in [0.3, 0.4) is 0 Å². The molecule has 0 rings (SSSR count). The zero-order chi connectivity index (χ0) is 93.4. The van der Waals surface area contributed by atoms with Crippen LogP contribution in [0.15, 0.2) is 0 Å². The van der Waals surface area contributed by atoms with Gasteiger partial charge in [0.1, 0.15) is 0 Å². The maximum Gasteiger partial charge on any atom is 0.496 e. The van der Waals surface area contributed by atoms with Gasteiger partial charge in [-0.1, -0.05) is 88.0 Å². The number of unbranched alkanes of at least 4 members (excludes halogenated alkanes) is 18. The minimum atomic E-state index is -3.40. The molecule has 0 fully saturated rings. The molecule has 732 valence electrons. The number of hydrogen-bond acceptors (Lipinski definition) is 31. The Kier molecular flexibility index (Phi) is 94.4. The normalized spacial score (nSPS) is 13.0. The van der Waals surface area contributed by atoms with E-state index in [-0.39, 0.29) is 47.8 Å². The van der Waals surface area contributed by atoms with Gasteiger partial charge in [-0.05, 0) is 219 Å². The van der Waals surface area contributed by atoms with E-state index in [1.165, 1.54) is 0 Å². The molecule has 0 bridgehead atoms. The van der Waals surface area contributed by atoms with Crippen molar-refractivity contribution in [1.82, 2.24) is 0 Å². The average molecular weight is 1890 g/mol. The van der Waals surface area contributed by atoms with Gasteiger partial charge in [-0.3, -0.25) is 38.4 Å². The number of carbonyl (C=O) groups excluding carboxylic acids is 8. The van der Waals surface area contributed by atoms with Crippen LogP contribution in [-0.4, -0.2) is 240 Å². The second-order valence-corrected chi connectivity index (χ2v) is 48.7. The van der Waals surface area contributed by atoms with Crippen LogP contribution in [0.5, 0.6) is 0 Å². The second kappa shape index (κ2) is 90.6. The number of carbonyl (C=O) groups is 8. The van der Waals surface area contributed by atoms with Crippen LogP contribution in [0, 0.1) is 0 Å². The minimum Gasteiger partial charge on any atom is -0.466 e. The lowest BCUT2D eigenvalue weighted by atomic mass is 10.1. The van der Waals surface area contributed by atoms with E-state index in [1.807, 2.05) is 54.3 Å². The molecular weight excluding hydrogens is 1710 g/mol. The maximum absolute atomic E-state index is 12.0. The molecule has 0 aromatic rings. The standard InChI is InChI=1S/C53H92O16.C16H42O8Si4.C7H18O2Si.C5H14O2Si.C4H12O3Si/c1-3-5-7-15-30-47(55)63-39-24-9-17-32-49(57)65-41-26-11-19-34-51(59)67-43-28-13-21-36-53(61)69-45-29-14-22-37-52(60)68-44-27-12-20-35-50(58)66-42-25-10-18-33-48(56)64-40-23-8-16-31-46(54)62-38-6-4-2;1-9-13-18-25(5)22-27(7,20-15-11-3)24-28(8,21-16-12-4)23-26(6,17)19-14-10-2;1-4-6-8-10(3)9-7-5-2;1-4-5-7-8(2,3)6;1-5-8(4,6-2)7-3/h3-45H2,1-2H3;17,25H,9-16H2,1-8H3;10H,4-7H2,1-3H3;6H,4-5H2,1-3H3;1-4H3. The van der Waals surface area contributed by atoms with Gasteiger partial charge >= 0.3 is 110 Å². The smallest absolute Gasteiger partial charge is 0.466 e. The lowest BCUT2D eigenvalue weighted by molar-refractivity contribution is -0.146. The highest BCUT2D eigenvalue weighted by molar-refractivity contribution is 6.81. The van der Waals surface area contributed by atoms with Crippen molar-refractivity contribution >= 4 is 110 Å². The van der Waals surface area contributed by atoms with Gasteiger partial charge in [-0.15, -0.1) is 0 Å². The van der Waals surface area contributed by atoms with Crippen LogP contribution in [0.4, 0.5) is 0 Å². The summed E-state index contributed by atoms with van der Waals surface area (Å²) >= 11 is 0. The van der Waals surface area contributed by atoms with Crippen LogP contribution >= 0.6 is 0 Å². The molecule has 0 aliphatic heterocycles. The predicted molar refractivity (Wildman–Crippen MR) is 493 cm³/mol. The Hall–Kier alpha value is -3.32. The van der Waals surface area contributed by atoms with Crippen LogP contribution in [0.25, 0.3) is 0 Å². The first-order valence-corrected chi connectivity index (χ1v) is 62.5. The molecule has 0 radical (unpaired) electrons. The molecule has 123 heavy (non-hydrogen) atoms. The van der Waals surface area contributed by atoms with E-state index in [0.717, 1.165) is 161 Å². The Morgan fingerprint density at radius 2 is 0.463 bits per heavy atom. The lowest BCUT2D eigenvalue weighted by Crippen LogP contribution is -2.61. The maximum atomic E-state index is 12.0. The summed E-state index contributed by atoms with van der Waals surface area (Å²) in [5, 5.41) is 0. The van der Waals surface area contributed by atoms with Crippen molar-refractivity contribution in [3.8, 4) is 0 Å². The highest BCUT2D eigenvalue weighted by atomic mass is 28.5. The summed E-state index contributed by atoms with van der Waals surface area (Å²) in [6.07, 6.45) is 30.2. The molecular formula is C85H178O31Si7. The van der Waals surface area contributed by atoms with Crippen molar-refractivity contribution in [2.75, 3.05) is 120 Å². The number of esters is 8. The zero-order valence-electron chi connectivity index (χ0n) is 80.7. The van der Waals surface area contributed by atoms with Crippen molar-refractivity contribution in [2.24, 2.45) is 0 Å². The quantitative estimate of drug-likeness (QED) is 0.0247. The SMILES string of the molecule is CCCCCCC(=O)OCCCCCC(=O)OCCCCCC(=O)OCCCCCC(=O)OCCCCCC(=O)OCCCCCC(=O)OCCCCCC(=O)OCCCCCC(=O)OCCCC.CCCO[SiH](C)OCCC.CCCO[SiH](C)O[Si](C)(OCCC)O[Si](C)(OCCC)O[Si](C)(O)OCCC.CCCO[Si](C)(C)O.CO[Si](C)(OC)OC. The Balaban J connectivity index is -0.000000686. The van der Waals surface area contributed by atoms with Gasteiger partial charge in [0.15, 0.2) is 0 Å². The number of hydrogen-bond donors (Lipinski definition) is 2. The molecule has 0 heterocycles. The van der Waals surface area contributed by atoms with Gasteiger partial charge in [0, 0.05) is 145 Å². The summed E-state index contributed by atoms with van der Waals surface area (Å²) in [5.74, 6) is -1.83. The van der Waals surface area contributed by atoms with Gasteiger partial charge in [0.25, 0.3) is 0 Å². The van der Waals surface area contributed by atoms with E-state index in [1.54, 1.807) is 47.5 Å². The molecule has 0 saturated heterocycles. The fourth-order valence-corrected chi connectivity index (χ4v) is 25.6. The summed E-state index contributed by atoms with van der Waals surface area (Å²) < 4.78 is 114. The molecule has 4 atom stereocenters. The van der Waals surface area contributed by atoms with Gasteiger partial charge in [-0.25, -0.2) is 0 Å². The second-order valence-electron chi connectivity index (χ2n) is 30.6. The fourth-order valence-electron chi connectivity index (χ4n) is 10.3. The van der Waals surface area contributed by atoms with E-state index in [9.17, 15) is 43.2 Å². The Morgan fingerprint density at radius 3 is 0.691 bits per heavy atom. The van der Waals surface area contributed by atoms with Crippen molar-refractivity contribution in [3.63, 3.8) is 0 Å². The van der Waals surface area contributed by atoms with Crippen molar-refractivity contribution in [2.45, 2.75) is 384 Å². The molecule has 0 spiro atoms. The highest BCUT2D eigenvalue weighted by Gasteiger charge is 2.53. The third-order valence-corrected chi connectivity index (χ3v) is 33.7. The number of ether oxygens (including phenoxy) is 8. The molecule has 0 aromatic carbocycles. The summed E-state index contributed by atoms with van der Waals surface area (Å²) in [6.45, 7) is 40.3. The first kappa shape index (κ1) is 128. The van der Waals surface area contributed by atoms with Crippen LogP contribution < -0.4 is 0 Å². The Labute approximate surface area is 753 Å². The van der Waals surface area contributed by atoms with Crippen molar-refractivity contribution < 1.29 is 142 Å². The van der Waals surface area contributed by atoms with Crippen molar-refractivity contribution in [1.29, 1.82) is 0 Å². The molecule has 0 saturated carbocycles. The summed E-state index contributed by atoms with van der Waals surface area (Å²) in [4.78, 5) is 115. The highest BCUT2D eigenvalue weighted by Crippen LogP contribution is 2.25. The molecule has 31 nitrogen and oxygen atoms in total. The largest absolute Gasteiger partial charge is 0.496 e. The number of rotatable bonds is 80. The van der Waals surface area contributed by atoms with E-state index >= 15 is 0 Å². The average Bonchev–Trinajstić information content (AvgIpc) is 0.811. The van der Waals surface area contributed by atoms with E-state index in [0.29, 0.717) is 208 Å².